The molecule has 0 spiro atoms. The number of nitrogens with zero attached hydrogens (tertiary/aromatic N) is 3. The van der Waals surface area contributed by atoms with Crippen LogP contribution in [0.2, 0.25) is 0 Å². The molecule has 1 fully saturated rings. The fourth-order valence-electron chi connectivity index (χ4n) is 2.80. The van der Waals surface area contributed by atoms with Crippen molar-refractivity contribution in [2.24, 2.45) is 10.7 Å². The molecule has 2 heterocycles. The molecule has 2 aromatic rings. The minimum Gasteiger partial charge on any atom is -0.385 e. The fourth-order valence-corrected chi connectivity index (χ4v) is 2.80. The molecule has 1 aliphatic heterocycles. The van der Waals surface area contributed by atoms with Crippen LogP contribution in [0, 0.1) is 0 Å². The van der Waals surface area contributed by atoms with Crippen molar-refractivity contribution in [2.45, 2.75) is 24.9 Å². The highest BCUT2D eigenvalue weighted by atomic mass is 16.2. The molecule has 1 aliphatic carbocycles. The first-order valence-electron chi connectivity index (χ1n) is 6.75. The molecule has 0 saturated heterocycles. The predicted octanol–water partition coefficient (Wildman–Crippen LogP) is 2.23. The third-order valence-electron chi connectivity index (χ3n) is 3.89. The maximum Gasteiger partial charge on any atom is 0.346 e. The predicted molar refractivity (Wildman–Crippen MR) is 76.4 cm³/mol. The highest BCUT2D eigenvalue weighted by Crippen LogP contribution is 2.38. The summed E-state index contributed by atoms with van der Waals surface area (Å²) in [6.45, 7) is 0. The van der Waals surface area contributed by atoms with Crippen LogP contribution in [0.4, 0.5) is 4.79 Å². The number of rotatable bonds is 2. The number of benzene rings is 1. The summed E-state index contributed by atoms with van der Waals surface area (Å²) >= 11 is 0. The number of carbonyl (C=O) groups excluding carboxylic acids is 1. The highest BCUT2D eigenvalue weighted by molar-refractivity contribution is 6.04. The Balaban J connectivity index is 1.80. The molecule has 5 heteroatoms. The lowest BCUT2D eigenvalue weighted by atomic mass is 10.0. The number of fused-ring (bicyclic) bond motifs is 1. The first-order chi connectivity index (χ1) is 9.74. The van der Waals surface area contributed by atoms with E-state index in [1.807, 2.05) is 35.2 Å². The average Bonchev–Trinajstić information content (AvgIpc) is 3.24. The van der Waals surface area contributed by atoms with Crippen LogP contribution in [-0.4, -0.2) is 27.8 Å². The van der Waals surface area contributed by atoms with Crippen LogP contribution in [0.1, 0.15) is 24.4 Å². The molecule has 2 aliphatic rings. The smallest absolute Gasteiger partial charge is 0.346 e. The van der Waals surface area contributed by atoms with E-state index in [4.69, 9.17) is 5.73 Å². The lowest BCUT2D eigenvalue weighted by Gasteiger charge is -2.24. The number of nitrogens with two attached hydrogens (primary N) is 1. The van der Waals surface area contributed by atoms with Gasteiger partial charge in [-0.05, 0) is 36.6 Å². The molecule has 1 aromatic heterocycles. The van der Waals surface area contributed by atoms with Crippen molar-refractivity contribution < 1.29 is 4.79 Å². The summed E-state index contributed by atoms with van der Waals surface area (Å²) in [6.07, 6.45) is 3.85. The van der Waals surface area contributed by atoms with Gasteiger partial charge in [-0.2, -0.15) is 4.99 Å². The van der Waals surface area contributed by atoms with Crippen molar-refractivity contribution in [3.05, 3.63) is 42.1 Å². The van der Waals surface area contributed by atoms with Gasteiger partial charge in [0.25, 0.3) is 0 Å². The maximum absolute atomic E-state index is 12.0. The van der Waals surface area contributed by atoms with E-state index < -0.39 is 0 Å². The largest absolute Gasteiger partial charge is 0.385 e. The third-order valence-corrected chi connectivity index (χ3v) is 3.89. The number of hydrogen-bond acceptors (Lipinski definition) is 3. The summed E-state index contributed by atoms with van der Waals surface area (Å²) in [5.41, 5.74) is 7.92. The first-order valence-corrected chi connectivity index (χ1v) is 6.75. The van der Waals surface area contributed by atoms with Crippen LogP contribution in [0.5, 0.6) is 0 Å². The number of amides is 2. The van der Waals surface area contributed by atoms with Gasteiger partial charge in [0, 0.05) is 17.6 Å². The molecule has 100 valence electrons. The Kier molecular flexibility index (Phi) is 2.30. The second kappa shape index (κ2) is 4.03. The summed E-state index contributed by atoms with van der Waals surface area (Å²) in [5, 5.41) is 1.05. The number of aromatic nitrogens is 1. The Hall–Kier alpha value is -2.43. The summed E-state index contributed by atoms with van der Waals surface area (Å²) in [7, 11) is 0. The van der Waals surface area contributed by atoms with Gasteiger partial charge in [-0.15, -0.1) is 0 Å². The zero-order valence-corrected chi connectivity index (χ0v) is 10.9. The van der Waals surface area contributed by atoms with E-state index in [-0.39, 0.29) is 12.1 Å². The second-order valence-electron chi connectivity index (χ2n) is 5.32. The van der Waals surface area contributed by atoms with Crippen LogP contribution < -0.4 is 5.73 Å². The molecule has 2 amide bonds. The third kappa shape index (κ3) is 1.66. The molecule has 0 radical (unpaired) electrons. The standard InChI is InChI=1S/C15H14N4O/c16-14-13(19(11-4-5-11)15(20)18-14)10-3-6-12-9(8-10)2-1-7-17-12/h1-3,6-8,11,13H,4-5H2,(H2,16,18,20). The van der Waals surface area contributed by atoms with Crippen molar-refractivity contribution in [3.8, 4) is 0 Å². The SMILES string of the molecule is NC1=NC(=O)N(C2CC2)C1c1ccc2ncccc2c1. The number of amidine groups is 1. The molecule has 1 saturated carbocycles. The monoisotopic (exact) mass is 266 g/mol. The van der Waals surface area contributed by atoms with Gasteiger partial charge < -0.3 is 10.6 Å². The molecule has 1 unspecified atom stereocenters. The van der Waals surface area contributed by atoms with E-state index in [2.05, 4.69) is 9.98 Å². The van der Waals surface area contributed by atoms with E-state index in [9.17, 15) is 4.79 Å². The van der Waals surface area contributed by atoms with Crippen molar-refractivity contribution in [2.75, 3.05) is 0 Å². The Morgan fingerprint density at radius 2 is 2.10 bits per heavy atom. The molecule has 4 rings (SSSR count). The van der Waals surface area contributed by atoms with Gasteiger partial charge in [0.2, 0.25) is 0 Å². The van der Waals surface area contributed by atoms with E-state index >= 15 is 0 Å². The Morgan fingerprint density at radius 1 is 1.25 bits per heavy atom. The van der Waals surface area contributed by atoms with Gasteiger partial charge in [-0.1, -0.05) is 12.1 Å². The molecular formula is C15H14N4O. The number of hydrogen-bond donors (Lipinski definition) is 1. The highest BCUT2D eigenvalue weighted by Gasteiger charge is 2.43. The molecule has 1 atom stereocenters. The van der Waals surface area contributed by atoms with Crippen LogP contribution in [-0.2, 0) is 0 Å². The summed E-state index contributed by atoms with van der Waals surface area (Å²) in [6, 6.07) is 9.77. The Morgan fingerprint density at radius 3 is 2.90 bits per heavy atom. The van der Waals surface area contributed by atoms with E-state index in [1.165, 1.54) is 0 Å². The number of urea groups is 1. The molecule has 1 aromatic carbocycles. The molecule has 20 heavy (non-hydrogen) atoms. The topological polar surface area (TPSA) is 71.6 Å². The van der Waals surface area contributed by atoms with Crippen molar-refractivity contribution >= 4 is 22.8 Å². The van der Waals surface area contributed by atoms with E-state index in [0.717, 1.165) is 29.3 Å². The van der Waals surface area contributed by atoms with Crippen LogP contribution in [0.25, 0.3) is 10.9 Å². The zero-order chi connectivity index (χ0) is 13.7. The van der Waals surface area contributed by atoms with E-state index in [1.54, 1.807) is 6.20 Å². The molecule has 0 bridgehead atoms. The van der Waals surface area contributed by atoms with Gasteiger partial charge in [-0.25, -0.2) is 4.79 Å². The van der Waals surface area contributed by atoms with Crippen molar-refractivity contribution in [1.29, 1.82) is 0 Å². The Labute approximate surface area is 116 Å². The van der Waals surface area contributed by atoms with E-state index in [0.29, 0.717) is 11.9 Å². The van der Waals surface area contributed by atoms with Crippen molar-refractivity contribution in [1.82, 2.24) is 9.88 Å². The van der Waals surface area contributed by atoms with Crippen molar-refractivity contribution in [3.63, 3.8) is 0 Å². The molecule has 5 nitrogen and oxygen atoms in total. The number of pyridine rings is 1. The lowest BCUT2D eigenvalue weighted by Crippen LogP contribution is -2.34. The van der Waals surface area contributed by atoms with Gasteiger partial charge in [0.1, 0.15) is 11.9 Å². The summed E-state index contributed by atoms with van der Waals surface area (Å²) in [5.74, 6) is 0.394. The minimum absolute atomic E-state index is 0.207. The number of aliphatic imine (C=N–C) groups is 1. The lowest BCUT2D eigenvalue weighted by molar-refractivity contribution is 0.203. The second-order valence-corrected chi connectivity index (χ2v) is 5.32. The minimum atomic E-state index is -0.223. The maximum atomic E-state index is 12.0. The summed E-state index contributed by atoms with van der Waals surface area (Å²) in [4.78, 5) is 22.0. The molecule has 2 N–H and O–H groups in total. The van der Waals surface area contributed by atoms with Gasteiger partial charge in [0.15, 0.2) is 0 Å². The number of carbonyl (C=O) groups is 1. The average molecular weight is 266 g/mol. The summed E-state index contributed by atoms with van der Waals surface area (Å²) < 4.78 is 0. The molecular weight excluding hydrogens is 252 g/mol. The fraction of sp³-hybridized carbons (Fsp3) is 0.267. The Bertz CT molecular complexity index is 735. The zero-order valence-electron chi connectivity index (χ0n) is 10.9. The van der Waals surface area contributed by atoms with Crippen LogP contribution >= 0.6 is 0 Å². The normalized spacial score (nSPS) is 22.4. The van der Waals surface area contributed by atoms with Gasteiger partial charge in [0.05, 0.1) is 5.52 Å². The first kappa shape index (κ1) is 11.4. The van der Waals surface area contributed by atoms with Gasteiger partial charge >= 0.3 is 6.03 Å². The quantitative estimate of drug-likeness (QED) is 0.906. The van der Waals surface area contributed by atoms with Gasteiger partial charge in [-0.3, -0.25) is 4.98 Å². The van der Waals surface area contributed by atoms with Crippen LogP contribution in [0.3, 0.4) is 0 Å². The van der Waals surface area contributed by atoms with Crippen LogP contribution in [0.15, 0.2) is 41.5 Å².